The van der Waals surface area contributed by atoms with Gasteiger partial charge < -0.3 is 10.2 Å². The van der Waals surface area contributed by atoms with Crippen molar-refractivity contribution in [3.8, 4) is 5.69 Å². The molecule has 7 nitrogen and oxygen atoms in total. The molecule has 0 atom stereocenters. The molecule has 7 heteroatoms. The first-order chi connectivity index (χ1) is 15.0. The molecule has 1 aliphatic rings. The third kappa shape index (κ3) is 4.83. The van der Waals surface area contributed by atoms with Crippen molar-refractivity contribution < 1.29 is 9.59 Å². The molecule has 0 spiro atoms. The van der Waals surface area contributed by atoms with E-state index in [1.807, 2.05) is 67.3 Å². The van der Waals surface area contributed by atoms with Crippen LogP contribution in [-0.4, -0.2) is 64.1 Å². The van der Waals surface area contributed by atoms with E-state index in [0.717, 1.165) is 22.5 Å². The van der Waals surface area contributed by atoms with Crippen LogP contribution in [0, 0.1) is 13.8 Å². The Morgan fingerprint density at radius 1 is 0.968 bits per heavy atom. The zero-order chi connectivity index (χ0) is 21.8. The minimum absolute atomic E-state index is 0.0262. The molecule has 0 radical (unpaired) electrons. The van der Waals surface area contributed by atoms with E-state index in [2.05, 4.69) is 15.3 Å². The van der Waals surface area contributed by atoms with Crippen LogP contribution >= 0.6 is 0 Å². The summed E-state index contributed by atoms with van der Waals surface area (Å²) in [5.74, 6) is -0.0562. The Morgan fingerprint density at radius 3 is 2.45 bits per heavy atom. The summed E-state index contributed by atoms with van der Waals surface area (Å²) in [5, 5.41) is 7.32. The van der Waals surface area contributed by atoms with E-state index in [-0.39, 0.29) is 11.8 Å². The monoisotopic (exact) mass is 417 g/mol. The number of piperazine rings is 1. The minimum atomic E-state index is -0.0300. The molecular weight excluding hydrogens is 390 g/mol. The van der Waals surface area contributed by atoms with Crippen LogP contribution in [0.5, 0.6) is 0 Å². The highest BCUT2D eigenvalue weighted by Crippen LogP contribution is 2.18. The molecule has 0 aliphatic carbocycles. The van der Waals surface area contributed by atoms with Crippen molar-refractivity contribution in [1.82, 2.24) is 19.6 Å². The van der Waals surface area contributed by atoms with Crippen LogP contribution < -0.4 is 5.32 Å². The standard InChI is InChI=1S/C24H27N5O2/c1-18-7-6-10-22(19(18)2)26-23(30)17-27-11-13-28(14-12-27)24(31)20-15-25-29(16-20)21-8-4-3-5-9-21/h3-10,15-16H,11-14,17H2,1-2H3,(H,26,30). The second-order valence-electron chi connectivity index (χ2n) is 7.87. The van der Waals surface area contributed by atoms with Gasteiger partial charge in [-0.1, -0.05) is 30.3 Å². The number of nitrogens with zero attached hydrogens (tertiary/aromatic N) is 4. The summed E-state index contributed by atoms with van der Waals surface area (Å²) in [5.41, 5.74) is 4.59. The quantitative estimate of drug-likeness (QED) is 0.693. The molecule has 2 heterocycles. The van der Waals surface area contributed by atoms with E-state index in [0.29, 0.717) is 38.3 Å². The van der Waals surface area contributed by atoms with Gasteiger partial charge in [0, 0.05) is 38.1 Å². The predicted molar refractivity (Wildman–Crippen MR) is 120 cm³/mol. The maximum Gasteiger partial charge on any atom is 0.257 e. The van der Waals surface area contributed by atoms with Crippen molar-refractivity contribution in [1.29, 1.82) is 0 Å². The molecule has 2 amide bonds. The maximum atomic E-state index is 12.9. The molecule has 31 heavy (non-hydrogen) atoms. The fraction of sp³-hybridized carbons (Fsp3) is 0.292. The van der Waals surface area contributed by atoms with E-state index in [1.54, 1.807) is 17.1 Å². The Morgan fingerprint density at radius 2 is 1.71 bits per heavy atom. The van der Waals surface area contributed by atoms with Gasteiger partial charge in [0.05, 0.1) is 24.0 Å². The number of amides is 2. The minimum Gasteiger partial charge on any atom is -0.336 e. The second kappa shape index (κ2) is 9.14. The SMILES string of the molecule is Cc1cccc(NC(=O)CN2CCN(C(=O)c3cnn(-c4ccccc4)c3)CC2)c1C. The van der Waals surface area contributed by atoms with Crippen LogP contribution in [0.25, 0.3) is 5.69 Å². The summed E-state index contributed by atoms with van der Waals surface area (Å²) in [6.45, 7) is 6.87. The van der Waals surface area contributed by atoms with Gasteiger partial charge in [0.2, 0.25) is 5.91 Å². The van der Waals surface area contributed by atoms with Crippen molar-refractivity contribution >= 4 is 17.5 Å². The highest BCUT2D eigenvalue weighted by Gasteiger charge is 2.24. The van der Waals surface area contributed by atoms with E-state index in [9.17, 15) is 9.59 Å². The van der Waals surface area contributed by atoms with Gasteiger partial charge in [0.1, 0.15) is 0 Å². The van der Waals surface area contributed by atoms with Crippen LogP contribution in [0.4, 0.5) is 5.69 Å². The molecule has 160 valence electrons. The summed E-state index contributed by atoms with van der Waals surface area (Å²) in [4.78, 5) is 29.2. The topological polar surface area (TPSA) is 70.5 Å². The Balaban J connectivity index is 1.29. The van der Waals surface area contributed by atoms with Gasteiger partial charge in [0.25, 0.3) is 5.91 Å². The van der Waals surface area contributed by atoms with Crippen LogP contribution in [-0.2, 0) is 4.79 Å². The highest BCUT2D eigenvalue weighted by molar-refractivity contribution is 5.94. The van der Waals surface area contributed by atoms with Crippen LogP contribution in [0.15, 0.2) is 60.9 Å². The lowest BCUT2D eigenvalue weighted by Crippen LogP contribution is -2.50. The molecule has 1 fully saturated rings. The Hall–Kier alpha value is -3.45. The van der Waals surface area contributed by atoms with Crippen molar-refractivity contribution in [2.75, 3.05) is 38.0 Å². The van der Waals surface area contributed by atoms with Crippen molar-refractivity contribution in [2.45, 2.75) is 13.8 Å². The molecule has 0 bridgehead atoms. The zero-order valence-electron chi connectivity index (χ0n) is 17.9. The highest BCUT2D eigenvalue weighted by atomic mass is 16.2. The molecular formula is C24H27N5O2. The molecule has 4 rings (SSSR count). The van der Waals surface area contributed by atoms with Crippen molar-refractivity contribution in [3.63, 3.8) is 0 Å². The lowest BCUT2D eigenvalue weighted by atomic mass is 10.1. The van der Waals surface area contributed by atoms with Gasteiger partial charge in [-0.15, -0.1) is 0 Å². The second-order valence-corrected chi connectivity index (χ2v) is 7.87. The predicted octanol–water partition coefficient (Wildman–Crippen LogP) is 2.89. The number of nitrogens with one attached hydrogen (secondary N) is 1. The fourth-order valence-corrected chi connectivity index (χ4v) is 3.73. The molecule has 0 unspecified atom stereocenters. The first-order valence-corrected chi connectivity index (χ1v) is 10.5. The maximum absolute atomic E-state index is 12.9. The average Bonchev–Trinajstić information content (AvgIpc) is 3.28. The summed E-state index contributed by atoms with van der Waals surface area (Å²) >= 11 is 0. The van der Waals surface area contributed by atoms with Crippen LogP contribution in [0.1, 0.15) is 21.5 Å². The van der Waals surface area contributed by atoms with Gasteiger partial charge in [0.15, 0.2) is 0 Å². The van der Waals surface area contributed by atoms with E-state index in [1.165, 1.54) is 0 Å². The number of aryl methyl sites for hydroxylation is 1. The number of hydrogen-bond acceptors (Lipinski definition) is 4. The number of hydrogen-bond donors (Lipinski definition) is 1. The van der Waals surface area contributed by atoms with Crippen LogP contribution in [0.3, 0.4) is 0 Å². The summed E-state index contributed by atoms with van der Waals surface area (Å²) in [6, 6.07) is 15.6. The van der Waals surface area contributed by atoms with Gasteiger partial charge in [-0.2, -0.15) is 5.10 Å². The smallest absolute Gasteiger partial charge is 0.257 e. The molecule has 1 N–H and O–H groups in total. The molecule has 1 aliphatic heterocycles. The third-order valence-electron chi connectivity index (χ3n) is 5.76. The van der Waals surface area contributed by atoms with Gasteiger partial charge >= 0.3 is 0 Å². The van der Waals surface area contributed by atoms with Gasteiger partial charge in [-0.3, -0.25) is 14.5 Å². The zero-order valence-corrected chi connectivity index (χ0v) is 17.9. The first-order valence-electron chi connectivity index (χ1n) is 10.5. The number of benzene rings is 2. The first kappa shape index (κ1) is 20.8. The third-order valence-corrected chi connectivity index (χ3v) is 5.76. The Kier molecular flexibility index (Phi) is 6.13. The number of aromatic nitrogens is 2. The Bertz CT molecular complexity index is 1070. The Labute approximate surface area is 182 Å². The van der Waals surface area contributed by atoms with Crippen molar-refractivity contribution in [2.24, 2.45) is 0 Å². The fourth-order valence-electron chi connectivity index (χ4n) is 3.73. The molecule has 2 aromatic carbocycles. The molecule has 1 saturated heterocycles. The lowest BCUT2D eigenvalue weighted by Gasteiger charge is -2.34. The number of para-hydroxylation sites is 1. The number of carbonyl (C=O) groups is 2. The van der Waals surface area contributed by atoms with E-state index >= 15 is 0 Å². The average molecular weight is 418 g/mol. The van der Waals surface area contributed by atoms with Crippen molar-refractivity contribution in [3.05, 3.63) is 77.6 Å². The summed E-state index contributed by atoms with van der Waals surface area (Å²) < 4.78 is 1.71. The molecule has 1 aromatic heterocycles. The largest absolute Gasteiger partial charge is 0.336 e. The number of carbonyl (C=O) groups excluding carboxylic acids is 2. The number of rotatable bonds is 5. The lowest BCUT2D eigenvalue weighted by molar-refractivity contribution is -0.117. The van der Waals surface area contributed by atoms with Gasteiger partial charge in [-0.25, -0.2) is 4.68 Å². The normalized spacial score (nSPS) is 14.5. The summed E-state index contributed by atoms with van der Waals surface area (Å²) in [6.07, 6.45) is 3.38. The van der Waals surface area contributed by atoms with Gasteiger partial charge in [-0.05, 0) is 43.2 Å². The summed E-state index contributed by atoms with van der Waals surface area (Å²) in [7, 11) is 0. The number of anilines is 1. The van der Waals surface area contributed by atoms with E-state index < -0.39 is 0 Å². The van der Waals surface area contributed by atoms with Crippen LogP contribution in [0.2, 0.25) is 0 Å². The molecule has 3 aromatic rings. The molecule has 0 saturated carbocycles. The van der Waals surface area contributed by atoms with E-state index in [4.69, 9.17) is 0 Å².